The summed E-state index contributed by atoms with van der Waals surface area (Å²) in [6, 6.07) is 7.76. The second-order valence-electron chi connectivity index (χ2n) is 5.68. The molecule has 0 atom stereocenters. The summed E-state index contributed by atoms with van der Waals surface area (Å²) in [6.07, 6.45) is 10.7. The summed E-state index contributed by atoms with van der Waals surface area (Å²) in [5.74, 6) is -0.843. The van der Waals surface area contributed by atoms with E-state index in [1.807, 2.05) is 24.3 Å². The average molecular weight is 287 g/mol. The fourth-order valence-electron chi connectivity index (χ4n) is 2.84. The first-order valence-electron chi connectivity index (χ1n) is 8.05. The highest BCUT2D eigenvalue weighted by Crippen LogP contribution is 2.22. The van der Waals surface area contributed by atoms with Gasteiger partial charge in [0, 0.05) is 23.6 Å². The van der Waals surface area contributed by atoms with Crippen molar-refractivity contribution in [3.8, 4) is 0 Å². The Balaban J connectivity index is 1.92. The molecule has 114 valence electrons. The Labute approximate surface area is 126 Å². The molecule has 0 fully saturated rings. The molecule has 0 amide bonds. The van der Waals surface area contributed by atoms with Crippen molar-refractivity contribution in [2.24, 2.45) is 0 Å². The van der Waals surface area contributed by atoms with E-state index >= 15 is 0 Å². The van der Waals surface area contributed by atoms with Gasteiger partial charge in [-0.3, -0.25) is 0 Å². The molecule has 2 aromatic rings. The Hall–Kier alpha value is -1.77. The molecule has 3 nitrogen and oxygen atoms in total. The van der Waals surface area contributed by atoms with Gasteiger partial charge >= 0.3 is 5.97 Å². The van der Waals surface area contributed by atoms with Crippen LogP contribution in [0.5, 0.6) is 0 Å². The number of carboxylic acids is 1. The van der Waals surface area contributed by atoms with Crippen LogP contribution in [0.4, 0.5) is 0 Å². The smallest absolute Gasteiger partial charge is 0.337 e. The van der Waals surface area contributed by atoms with Gasteiger partial charge in [-0.15, -0.1) is 0 Å². The second-order valence-corrected chi connectivity index (χ2v) is 5.68. The maximum Gasteiger partial charge on any atom is 0.337 e. The van der Waals surface area contributed by atoms with Gasteiger partial charge in [0.05, 0.1) is 5.56 Å². The molecule has 0 radical (unpaired) electrons. The first kappa shape index (κ1) is 15.6. The zero-order valence-electron chi connectivity index (χ0n) is 12.8. The largest absolute Gasteiger partial charge is 0.478 e. The van der Waals surface area contributed by atoms with Crippen LogP contribution >= 0.6 is 0 Å². The van der Waals surface area contributed by atoms with Crippen molar-refractivity contribution in [3.63, 3.8) is 0 Å². The molecule has 1 N–H and O–H groups in total. The van der Waals surface area contributed by atoms with E-state index in [4.69, 9.17) is 0 Å². The van der Waals surface area contributed by atoms with E-state index in [0.717, 1.165) is 23.9 Å². The summed E-state index contributed by atoms with van der Waals surface area (Å²) in [7, 11) is 0. The van der Waals surface area contributed by atoms with Crippen molar-refractivity contribution in [3.05, 3.63) is 36.0 Å². The van der Waals surface area contributed by atoms with Crippen LogP contribution in [0.3, 0.4) is 0 Å². The molecular formula is C18H25NO2. The monoisotopic (exact) mass is 287 g/mol. The standard InChI is InChI=1S/C18H25NO2/c1-2-3-4-5-6-7-10-13-19-14-16(18(20)21)15-11-8-9-12-17(15)19/h8-9,11-12,14H,2-7,10,13H2,1H3,(H,20,21). The highest BCUT2D eigenvalue weighted by molar-refractivity contribution is 6.03. The second kappa shape index (κ2) is 7.87. The number of aryl methyl sites for hydroxylation is 1. The lowest BCUT2D eigenvalue weighted by Gasteiger charge is -2.05. The van der Waals surface area contributed by atoms with Gasteiger partial charge in [0.15, 0.2) is 0 Å². The molecule has 0 spiro atoms. The van der Waals surface area contributed by atoms with E-state index in [0.29, 0.717) is 5.56 Å². The maximum absolute atomic E-state index is 11.3. The molecule has 0 unspecified atom stereocenters. The van der Waals surface area contributed by atoms with E-state index in [-0.39, 0.29) is 0 Å². The van der Waals surface area contributed by atoms with Gasteiger partial charge < -0.3 is 9.67 Å². The van der Waals surface area contributed by atoms with Gasteiger partial charge in [-0.05, 0) is 12.5 Å². The van der Waals surface area contributed by atoms with E-state index in [9.17, 15) is 9.90 Å². The molecule has 3 heteroatoms. The minimum absolute atomic E-state index is 0.411. The lowest BCUT2D eigenvalue weighted by molar-refractivity contribution is 0.0699. The lowest BCUT2D eigenvalue weighted by Crippen LogP contribution is -1.97. The number of rotatable bonds is 9. The maximum atomic E-state index is 11.3. The average Bonchev–Trinajstić information content (AvgIpc) is 2.86. The van der Waals surface area contributed by atoms with Gasteiger partial charge in [-0.25, -0.2) is 4.79 Å². The number of fused-ring (bicyclic) bond motifs is 1. The van der Waals surface area contributed by atoms with Crippen LogP contribution < -0.4 is 0 Å². The number of carboxylic acid groups (broad SMARTS) is 1. The van der Waals surface area contributed by atoms with Crippen LogP contribution in [0, 0.1) is 0 Å². The van der Waals surface area contributed by atoms with Crippen LogP contribution in [0.25, 0.3) is 10.9 Å². The van der Waals surface area contributed by atoms with Gasteiger partial charge in [-0.2, -0.15) is 0 Å². The molecule has 0 aliphatic heterocycles. The Morgan fingerprint density at radius 3 is 2.43 bits per heavy atom. The lowest BCUT2D eigenvalue weighted by atomic mass is 10.1. The first-order valence-corrected chi connectivity index (χ1v) is 8.05. The van der Waals surface area contributed by atoms with E-state index in [1.54, 1.807) is 6.20 Å². The summed E-state index contributed by atoms with van der Waals surface area (Å²) in [4.78, 5) is 11.3. The van der Waals surface area contributed by atoms with Crippen molar-refractivity contribution in [1.82, 2.24) is 4.57 Å². The third-order valence-electron chi connectivity index (χ3n) is 4.02. The zero-order valence-corrected chi connectivity index (χ0v) is 12.8. The number of carbonyl (C=O) groups is 1. The quantitative estimate of drug-likeness (QED) is 0.653. The number of nitrogens with zero attached hydrogens (tertiary/aromatic N) is 1. The number of para-hydroxylation sites is 1. The molecule has 1 aromatic heterocycles. The third kappa shape index (κ3) is 4.10. The van der Waals surface area contributed by atoms with E-state index in [1.165, 1.54) is 38.5 Å². The first-order chi connectivity index (χ1) is 10.2. The number of hydrogen-bond acceptors (Lipinski definition) is 1. The SMILES string of the molecule is CCCCCCCCCn1cc(C(=O)O)c2ccccc21. The summed E-state index contributed by atoms with van der Waals surface area (Å²) in [5, 5.41) is 10.1. The minimum Gasteiger partial charge on any atom is -0.478 e. The highest BCUT2D eigenvalue weighted by atomic mass is 16.4. The van der Waals surface area contributed by atoms with E-state index < -0.39 is 5.97 Å². The van der Waals surface area contributed by atoms with E-state index in [2.05, 4.69) is 11.5 Å². The molecular weight excluding hydrogens is 262 g/mol. The topological polar surface area (TPSA) is 42.2 Å². The van der Waals surface area contributed by atoms with Crippen molar-refractivity contribution < 1.29 is 9.90 Å². The molecule has 1 aromatic carbocycles. The predicted octanol–water partition coefficient (Wildman–Crippen LogP) is 5.09. The molecule has 0 aliphatic carbocycles. The van der Waals surface area contributed by atoms with Gasteiger partial charge in [0.1, 0.15) is 0 Å². The van der Waals surface area contributed by atoms with Gasteiger partial charge in [0.2, 0.25) is 0 Å². The van der Waals surface area contributed by atoms with Crippen LogP contribution in [0.1, 0.15) is 62.2 Å². The third-order valence-corrected chi connectivity index (χ3v) is 4.02. The highest BCUT2D eigenvalue weighted by Gasteiger charge is 2.12. The Kier molecular flexibility index (Phi) is 5.85. The molecule has 0 saturated heterocycles. The van der Waals surface area contributed by atoms with Crippen LogP contribution in [-0.4, -0.2) is 15.6 Å². The number of benzene rings is 1. The normalized spacial score (nSPS) is 11.1. The van der Waals surface area contributed by atoms with Gasteiger partial charge in [-0.1, -0.05) is 63.6 Å². The Morgan fingerprint density at radius 1 is 1.05 bits per heavy atom. The number of hydrogen-bond donors (Lipinski definition) is 1. The van der Waals surface area contributed by atoms with Crippen LogP contribution in [0.15, 0.2) is 30.5 Å². The molecule has 21 heavy (non-hydrogen) atoms. The number of aromatic nitrogens is 1. The van der Waals surface area contributed by atoms with Crippen molar-refractivity contribution in [1.29, 1.82) is 0 Å². The van der Waals surface area contributed by atoms with Crippen molar-refractivity contribution >= 4 is 16.9 Å². The summed E-state index contributed by atoms with van der Waals surface area (Å²) in [6.45, 7) is 3.14. The van der Waals surface area contributed by atoms with Crippen molar-refractivity contribution in [2.75, 3.05) is 0 Å². The van der Waals surface area contributed by atoms with Gasteiger partial charge in [0.25, 0.3) is 0 Å². The molecule has 0 aliphatic rings. The summed E-state index contributed by atoms with van der Waals surface area (Å²) >= 11 is 0. The van der Waals surface area contributed by atoms with Crippen LogP contribution in [0.2, 0.25) is 0 Å². The fourth-order valence-corrected chi connectivity index (χ4v) is 2.84. The fraction of sp³-hybridized carbons (Fsp3) is 0.500. The molecule has 0 saturated carbocycles. The summed E-state index contributed by atoms with van der Waals surface area (Å²) < 4.78 is 2.09. The van der Waals surface area contributed by atoms with Crippen LogP contribution in [-0.2, 0) is 6.54 Å². The zero-order chi connectivity index (χ0) is 15.1. The molecule has 1 heterocycles. The Morgan fingerprint density at radius 2 is 1.71 bits per heavy atom. The molecule has 2 rings (SSSR count). The molecule has 0 bridgehead atoms. The predicted molar refractivity (Wildman–Crippen MR) is 86.9 cm³/mol. The summed E-state index contributed by atoms with van der Waals surface area (Å²) in [5.41, 5.74) is 1.44. The Bertz CT molecular complexity index is 586. The number of unbranched alkanes of at least 4 members (excludes halogenated alkanes) is 6. The van der Waals surface area contributed by atoms with Crippen molar-refractivity contribution in [2.45, 2.75) is 58.4 Å². The minimum atomic E-state index is -0.843. The number of aromatic carboxylic acids is 1.